The predicted octanol–water partition coefficient (Wildman–Crippen LogP) is 0.584. The lowest BCUT2D eigenvalue weighted by atomic mass is 9.98. The number of nitrogens with one attached hydrogen (secondary N) is 1. The smallest absolute Gasteiger partial charge is 0.340 e. The summed E-state index contributed by atoms with van der Waals surface area (Å²) < 4.78 is 38.9. The summed E-state index contributed by atoms with van der Waals surface area (Å²) in [5, 5.41) is 4.59. The Kier molecular flexibility index (Phi) is 4.61. The highest BCUT2D eigenvalue weighted by molar-refractivity contribution is 6.02. The monoisotopic (exact) mass is 370 g/mol. The lowest BCUT2D eigenvalue weighted by molar-refractivity contribution is -0.181. The number of hydrogen-bond acceptors (Lipinski definition) is 4. The summed E-state index contributed by atoms with van der Waals surface area (Å²) in [7, 11) is 0. The molecule has 2 aliphatic heterocycles. The van der Waals surface area contributed by atoms with E-state index in [-0.39, 0.29) is 17.7 Å². The first kappa shape index (κ1) is 18.2. The molecule has 3 rings (SSSR count). The standard InChI is InChI=1S/C16H17F3N4O3/c17-16(18,19)11(8-20)13(24)21-12-9-4-1-2-5-10(9)14(25)22-6-3-7-23(22)15(12)26/h1-2,4-5,11-12H,3,6-8,20H2,(H,21,24)/t11-,12+/m1/s1. The van der Waals surface area contributed by atoms with Crippen LogP contribution in [-0.4, -0.2) is 53.5 Å². The van der Waals surface area contributed by atoms with Gasteiger partial charge in [0, 0.05) is 25.2 Å². The zero-order valence-electron chi connectivity index (χ0n) is 13.6. The third kappa shape index (κ3) is 3.00. The summed E-state index contributed by atoms with van der Waals surface area (Å²) in [6.07, 6.45) is -4.28. The van der Waals surface area contributed by atoms with E-state index in [0.717, 1.165) is 0 Å². The average Bonchev–Trinajstić information content (AvgIpc) is 3.05. The highest BCUT2D eigenvalue weighted by Crippen LogP contribution is 2.31. The van der Waals surface area contributed by atoms with Crippen LogP contribution in [0.5, 0.6) is 0 Å². The predicted molar refractivity (Wildman–Crippen MR) is 83.3 cm³/mol. The summed E-state index contributed by atoms with van der Waals surface area (Å²) in [5.41, 5.74) is 5.44. The lowest BCUT2D eigenvalue weighted by Crippen LogP contribution is -2.50. The van der Waals surface area contributed by atoms with Crippen molar-refractivity contribution < 1.29 is 27.6 Å². The first-order valence-electron chi connectivity index (χ1n) is 8.05. The second-order valence-corrected chi connectivity index (χ2v) is 6.10. The van der Waals surface area contributed by atoms with Crippen LogP contribution in [0.4, 0.5) is 13.2 Å². The Hall–Kier alpha value is -2.62. The minimum atomic E-state index is -4.83. The zero-order chi connectivity index (χ0) is 19.1. The highest BCUT2D eigenvalue weighted by atomic mass is 19.4. The number of benzene rings is 1. The van der Waals surface area contributed by atoms with Crippen LogP contribution in [-0.2, 0) is 9.59 Å². The van der Waals surface area contributed by atoms with E-state index in [9.17, 15) is 27.6 Å². The van der Waals surface area contributed by atoms with Gasteiger partial charge in [0.2, 0.25) is 5.91 Å². The first-order valence-corrected chi connectivity index (χ1v) is 8.05. The molecule has 0 aliphatic carbocycles. The van der Waals surface area contributed by atoms with Crippen LogP contribution in [0, 0.1) is 5.92 Å². The number of rotatable bonds is 3. The van der Waals surface area contributed by atoms with Crippen molar-refractivity contribution in [3.8, 4) is 0 Å². The van der Waals surface area contributed by atoms with E-state index in [1.54, 1.807) is 12.1 Å². The number of carbonyl (C=O) groups is 3. The van der Waals surface area contributed by atoms with E-state index in [4.69, 9.17) is 5.73 Å². The molecule has 0 spiro atoms. The van der Waals surface area contributed by atoms with Crippen LogP contribution in [0.2, 0.25) is 0 Å². The van der Waals surface area contributed by atoms with E-state index >= 15 is 0 Å². The Balaban J connectivity index is 1.99. The lowest BCUT2D eigenvalue weighted by Gasteiger charge is -2.28. The minimum absolute atomic E-state index is 0.170. The molecule has 2 aliphatic rings. The fraction of sp³-hybridized carbons (Fsp3) is 0.438. The molecule has 2 heterocycles. The molecule has 1 aromatic rings. The number of nitrogens with two attached hydrogens (primary N) is 1. The van der Waals surface area contributed by atoms with Crippen molar-refractivity contribution in [2.45, 2.75) is 18.6 Å². The van der Waals surface area contributed by atoms with E-state index in [2.05, 4.69) is 5.32 Å². The molecule has 2 atom stereocenters. The normalized spacial score (nSPS) is 21.2. The van der Waals surface area contributed by atoms with Crippen molar-refractivity contribution >= 4 is 17.7 Å². The molecule has 7 nitrogen and oxygen atoms in total. The van der Waals surface area contributed by atoms with Crippen molar-refractivity contribution in [3.63, 3.8) is 0 Å². The van der Waals surface area contributed by atoms with Crippen LogP contribution < -0.4 is 11.1 Å². The van der Waals surface area contributed by atoms with Gasteiger partial charge in [0.1, 0.15) is 12.0 Å². The van der Waals surface area contributed by atoms with E-state index in [0.29, 0.717) is 13.0 Å². The van der Waals surface area contributed by atoms with Gasteiger partial charge < -0.3 is 11.1 Å². The number of hydrazine groups is 1. The van der Waals surface area contributed by atoms with E-state index in [1.165, 1.54) is 22.2 Å². The van der Waals surface area contributed by atoms with Crippen molar-refractivity contribution in [3.05, 3.63) is 35.4 Å². The van der Waals surface area contributed by atoms with Crippen LogP contribution >= 0.6 is 0 Å². The number of fused-ring (bicyclic) bond motifs is 2. The van der Waals surface area contributed by atoms with Crippen LogP contribution in [0.3, 0.4) is 0 Å². The Bertz CT molecular complexity index is 753. The molecule has 26 heavy (non-hydrogen) atoms. The fourth-order valence-corrected chi connectivity index (χ4v) is 3.19. The number of amides is 3. The summed E-state index contributed by atoms with van der Waals surface area (Å²) in [5.74, 6) is -4.90. The topological polar surface area (TPSA) is 95.7 Å². The molecule has 1 fully saturated rings. The second kappa shape index (κ2) is 6.60. The van der Waals surface area contributed by atoms with Gasteiger partial charge in [-0.25, -0.2) is 10.0 Å². The number of carbonyl (C=O) groups excluding carboxylic acids is 3. The van der Waals surface area contributed by atoms with Gasteiger partial charge in [-0.05, 0) is 18.1 Å². The number of alkyl halides is 3. The van der Waals surface area contributed by atoms with Gasteiger partial charge in [-0.2, -0.15) is 13.2 Å². The molecule has 3 amide bonds. The van der Waals surface area contributed by atoms with Gasteiger partial charge in [-0.3, -0.25) is 14.4 Å². The molecule has 0 saturated carbocycles. The number of nitrogens with zero attached hydrogens (tertiary/aromatic N) is 2. The van der Waals surface area contributed by atoms with Crippen LogP contribution in [0.25, 0.3) is 0 Å². The summed E-state index contributed by atoms with van der Waals surface area (Å²) in [6.45, 7) is -0.356. The molecule has 10 heteroatoms. The first-order chi connectivity index (χ1) is 12.3. The molecular weight excluding hydrogens is 353 g/mol. The molecule has 1 saturated heterocycles. The average molecular weight is 370 g/mol. The Morgan fingerprint density at radius 3 is 2.54 bits per heavy atom. The maximum Gasteiger partial charge on any atom is 0.401 e. The molecule has 0 aromatic heterocycles. The Morgan fingerprint density at radius 2 is 1.88 bits per heavy atom. The maximum absolute atomic E-state index is 13.0. The van der Waals surface area contributed by atoms with E-state index < -0.39 is 42.4 Å². The van der Waals surface area contributed by atoms with Crippen LogP contribution in [0.1, 0.15) is 28.4 Å². The summed E-state index contributed by atoms with van der Waals surface area (Å²) >= 11 is 0. The van der Waals surface area contributed by atoms with E-state index in [1.807, 2.05) is 0 Å². The zero-order valence-corrected chi connectivity index (χ0v) is 13.6. The van der Waals surface area contributed by atoms with Gasteiger partial charge in [0.25, 0.3) is 11.8 Å². The molecule has 1 aromatic carbocycles. The van der Waals surface area contributed by atoms with Crippen molar-refractivity contribution in [1.82, 2.24) is 15.3 Å². The van der Waals surface area contributed by atoms with Gasteiger partial charge >= 0.3 is 6.18 Å². The minimum Gasteiger partial charge on any atom is -0.340 e. The SMILES string of the molecule is NC[C@H](C(=O)N[C@@H]1C(=O)N2CCCN2C(=O)c2ccccc21)C(F)(F)F. The van der Waals surface area contributed by atoms with Crippen LogP contribution in [0.15, 0.2) is 24.3 Å². The Labute approximate surface area is 146 Å². The molecular formula is C16H17F3N4O3. The second-order valence-electron chi connectivity index (χ2n) is 6.10. The van der Waals surface area contributed by atoms with Crippen molar-refractivity contribution in [2.75, 3.05) is 19.6 Å². The van der Waals surface area contributed by atoms with Crippen molar-refractivity contribution in [1.29, 1.82) is 0 Å². The van der Waals surface area contributed by atoms with Crippen molar-refractivity contribution in [2.24, 2.45) is 11.7 Å². The number of hydrogen-bond donors (Lipinski definition) is 2. The molecule has 0 radical (unpaired) electrons. The molecule has 0 bridgehead atoms. The molecule has 0 unspecified atom stereocenters. The molecule has 3 N–H and O–H groups in total. The van der Waals surface area contributed by atoms with Gasteiger partial charge in [-0.15, -0.1) is 0 Å². The summed E-state index contributed by atoms with van der Waals surface area (Å²) in [4.78, 5) is 37.6. The highest BCUT2D eigenvalue weighted by Gasteiger charge is 2.47. The summed E-state index contributed by atoms with van der Waals surface area (Å²) in [6, 6.07) is 4.68. The fourth-order valence-electron chi connectivity index (χ4n) is 3.19. The third-order valence-corrected chi connectivity index (χ3v) is 4.50. The van der Waals surface area contributed by atoms with Gasteiger partial charge in [-0.1, -0.05) is 18.2 Å². The largest absolute Gasteiger partial charge is 0.401 e. The van der Waals surface area contributed by atoms with Gasteiger partial charge in [0.15, 0.2) is 0 Å². The Morgan fingerprint density at radius 1 is 1.23 bits per heavy atom. The quantitative estimate of drug-likeness (QED) is 0.814. The maximum atomic E-state index is 13.0. The third-order valence-electron chi connectivity index (χ3n) is 4.50. The molecule has 140 valence electrons. The number of halogens is 3. The van der Waals surface area contributed by atoms with Gasteiger partial charge in [0.05, 0.1) is 0 Å².